The largest absolute Gasteiger partial charge is 0.497 e. The molecule has 20 heavy (non-hydrogen) atoms. The third-order valence-electron chi connectivity index (χ3n) is 3.49. The van der Waals surface area contributed by atoms with Crippen LogP contribution in [-0.4, -0.2) is 29.6 Å². The first-order valence-electron chi connectivity index (χ1n) is 6.64. The number of hydrogen-bond donors (Lipinski definition) is 2. The van der Waals surface area contributed by atoms with Gasteiger partial charge in [0.15, 0.2) is 0 Å². The van der Waals surface area contributed by atoms with Crippen molar-refractivity contribution in [3.05, 3.63) is 29.8 Å². The number of carboxylic acid groups (broad SMARTS) is 1. The Hall–Kier alpha value is -2.04. The van der Waals surface area contributed by atoms with Crippen molar-refractivity contribution in [3.63, 3.8) is 0 Å². The zero-order valence-electron chi connectivity index (χ0n) is 12.1. The number of carboxylic acids is 1. The van der Waals surface area contributed by atoms with Gasteiger partial charge in [-0.15, -0.1) is 0 Å². The van der Waals surface area contributed by atoms with Gasteiger partial charge in [0.05, 0.1) is 13.5 Å². The fraction of sp³-hybridized carbons (Fsp3) is 0.467. The lowest BCUT2D eigenvalue weighted by Gasteiger charge is -2.28. The van der Waals surface area contributed by atoms with Gasteiger partial charge in [-0.05, 0) is 30.5 Å². The van der Waals surface area contributed by atoms with Crippen molar-refractivity contribution in [2.45, 2.75) is 38.6 Å². The molecule has 1 aromatic rings. The van der Waals surface area contributed by atoms with Gasteiger partial charge < -0.3 is 15.2 Å². The molecule has 0 radical (unpaired) electrons. The molecule has 0 atom stereocenters. The highest BCUT2D eigenvalue weighted by Gasteiger charge is 2.36. The summed E-state index contributed by atoms with van der Waals surface area (Å²) in [6, 6.07) is 7.16. The number of aliphatic carboxylic acids is 1. The molecule has 0 spiro atoms. The molecule has 0 fully saturated rings. The smallest absolute Gasteiger partial charge is 0.329 e. The monoisotopic (exact) mass is 279 g/mol. The van der Waals surface area contributed by atoms with E-state index in [2.05, 4.69) is 5.32 Å². The molecule has 0 heterocycles. The second-order valence-electron chi connectivity index (χ2n) is 4.67. The summed E-state index contributed by atoms with van der Waals surface area (Å²) in [5.41, 5.74) is -0.399. The van der Waals surface area contributed by atoms with Crippen molar-refractivity contribution in [1.29, 1.82) is 0 Å². The van der Waals surface area contributed by atoms with Crippen molar-refractivity contribution in [2.75, 3.05) is 7.11 Å². The molecule has 110 valence electrons. The van der Waals surface area contributed by atoms with Crippen LogP contribution in [0.4, 0.5) is 0 Å². The van der Waals surface area contributed by atoms with Crippen LogP contribution in [0, 0.1) is 0 Å². The Labute approximate surface area is 118 Å². The summed E-state index contributed by atoms with van der Waals surface area (Å²) >= 11 is 0. The average Bonchev–Trinajstić information content (AvgIpc) is 2.44. The number of amides is 1. The van der Waals surface area contributed by atoms with Crippen molar-refractivity contribution >= 4 is 11.9 Å². The van der Waals surface area contributed by atoms with Gasteiger partial charge in [-0.1, -0.05) is 26.0 Å². The van der Waals surface area contributed by atoms with Gasteiger partial charge >= 0.3 is 5.97 Å². The zero-order chi connectivity index (χ0) is 15.2. The highest BCUT2D eigenvalue weighted by atomic mass is 16.5. The van der Waals surface area contributed by atoms with E-state index in [1.165, 1.54) is 0 Å². The highest BCUT2D eigenvalue weighted by Crippen LogP contribution is 2.17. The number of ether oxygens (including phenoxy) is 1. The lowest BCUT2D eigenvalue weighted by Crippen LogP contribution is -2.54. The molecule has 0 saturated heterocycles. The number of rotatable bonds is 7. The first-order valence-corrected chi connectivity index (χ1v) is 6.64. The minimum Gasteiger partial charge on any atom is -0.497 e. The van der Waals surface area contributed by atoms with E-state index in [0.717, 1.165) is 5.56 Å². The SMILES string of the molecule is CCC(CC)(NC(=O)Cc1cccc(OC)c1)C(=O)O. The number of carbonyl (C=O) groups is 2. The maximum Gasteiger partial charge on any atom is 0.329 e. The Kier molecular flexibility index (Phi) is 5.55. The molecule has 0 aliphatic carbocycles. The second-order valence-corrected chi connectivity index (χ2v) is 4.67. The van der Waals surface area contributed by atoms with Gasteiger partial charge in [0.25, 0.3) is 0 Å². The van der Waals surface area contributed by atoms with E-state index in [0.29, 0.717) is 18.6 Å². The first kappa shape index (κ1) is 16.0. The van der Waals surface area contributed by atoms with E-state index in [-0.39, 0.29) is 12.3 Å². The Balaban J connectivity index is 2.78. The quantitative estimate of drug-likeness (QED) is 0.800. The van der Waals surface area contributed by atoms with E-state index >= 15 is 0 Å². The first-order chi connectivity index (χ1) is 9.47. The van der Waals surface area contributed by atoms with Crippen LogP contribution in [0.1, 0.15) is 32.3 Å². The Morgan fingerprint density at radius 3 is 2.45 bits per heavy atom. The molecule has 0 unspecified atom stereocenters. The minimum atomic E-state index is -1.18. The summed E-state index contributed by atoms with van der Waals surface area (Å²) in [5, 5.41) is 11.9. The molecule has 0 aliphatic rings. The predicted octanol–water partition coefficient (Wildman–Crippen LogP) is 2.00. The number of hydrogen-bond acceptors (Lipinski definition) is 3. The molecule has 0 aromatic heterocycles. The Bertz CT molecular complexity index is 481. The van der Waals surface area contributed by atoms with Crippen LogP contribution in [-0.2, 0) is 16.0 Å². The number of methoxy groups -OCH3 is 1. The standard InChI is InChI=1S/C15H21NO4/c1-4-15(5-2,14(18)19)16-13(17)10-11-7-6-8-12(9-11)20-3/h6-9H,4-5,10H2,1-3H3,(H,16,17)(H,18,19). The van der Waals surface area contributed by atoms with E-state index in [1.54, 1.807) is 39.2 Å². The van der Waals surface area contributed by atoms with Gasteiger partial charge in [0, 0.05) is 0 Å². The molecule has 1 rings (SSSR count). The summed E-state index contributed by atoms with van der Waals surface area (Å²) in [4.78, 5) is 23.4. The van der Waals surface area contributed by atoms with Crippen LogP contribution in [0.15, 0.2) is 24.3 Å². The fourth-order valence-electron chi connectivity index (χ4n) is 2.06. The third-order valence-corrected chi connectivity index (χ3v) is 3.49. The maximum absolute atomic E-state index is 12.0. The molecule has 1 aromatic carbocycles. The molecule has 0 saturated carbocycles. The zero-order valence-corrected chi connectivity index (χ0v) is 12.1. The molecule has 0 aliphatic heterocycles. The summed E-state index contributed by atoms with van der Waals surface area (Å²) < 4.78 is 5.09. The van der Waals surface area contributed by atoms with Crippen LogP contribution >= 0.6 is 0 Å². The van der Waals surface area contributed by atoms with Gasteiger partial charge in [-0.2, -0.15) is 0 Å². The number of benzene rings is 1. The van der Waals surface area contributed by atoms with Gasteiger partial charge in [0.2, 0.25) is 5.91 Å². The van der Waals surface area contributed by atoms with Crippen LogP contribution < -0.4 is 10.1 Å². The second kappa shape index (κ2) is 6.93. The lowest BCUT2D eigenvalue weighted by molar-refractivity contribution is -0.148. The molecule has 5 heteroatoms. The summed E-state index contributed by atoms with van der Waals surface area (Å²) in [5.74, 6) is -0.628. The lowest BCUT2D eigenvalue weighted by atomic mass is 9.92. The molecule has 0 bridgehead atoms. The normalized spacial score (nSPS) is 10.9. The van der Waals surface area contributed by atoms with E-state index in [1.807, 2.05) is 6.07 Å². The van der Waals surface area contributed by atoms with E-state index in [4.69, 9.17) is 4.74 Å². The fourth-order valence-corrected chi connectivity index (χ4v) is 2.06. The molecule has 5 nitrogen and oxygen atoms in total. The highest BCUT2D eigenvalue weighted by molar-refractivity contribution is 5.87. The van der Waals surface area contributed by atoms with Gasteiger partial charge in [-0.25, -0.2) is 4.79 Å². The molecular weight excluding hydrogens is 258 g/mol. The van der Waals surface area contributed by atoms with Gasteiger partial charge in [-0.3, -0.25) is 4.79 Å². The van der Waals surface area contributed by atoms with Crippen molar-refractivity contribution in [1.82, 2.24) is 5.32 Å². The Morgan fingerprint density at radius 1 is 1.30 bits per heavy atom. The maximum atomic E-state index is 12.0. The van der Waals surface area contributed by atoms with Crippen LogP contribution in [0.3, 0.4) is 0 Å². The van der Waals surface area contributed by atoms with Crippen molar-refractivity contribution < 1.29 is 19.4 Å². The van der Waals surface area contributed by atoms with Crippen molar-refractivity contribution in [3.8, 4) is 5.75 Å². The van der Waals surface area contributed by atoms with Crippen LogP contribution in [0.2, 0.25) is 0 Å². The van der Waals surface area contributed by atoms with E-state index < -0.39 is 11.5 Å². The van der Waals surface area contributed by atoms with Crippen LogP contribution in [0.5, 0.6) is 5.75 Å². The molecular formula is C15H21NO4. The summed E-state index contributed by atoms with van der Waals surface area (Å²) in [6.45, 7) is 3.51. The summed E-state index contributed by atoms with van der Waals surface area (Å²) in [6.07, 6.45) is 0.831. The summed E-state index contributed by atoms with van der Waals surface area (Å²) in [7, 11) is 1.56. The number of nitrogens with one attached hydrogen (secondary N) is 1. The molecule has 1 amide bonds. The minimum absolute atomic E-state index is 0.131. The van der Waals surface area contributed by atoms with Crippen molar-refractivity contribution in [2.24, 2.45) is 0 Å². The number of carbonyl (C=O) groups excluding carboxylic acids is 1. The molecule has 2 N–H and O–H groups in total. The Morgan fingerprint density at radius 2 is 1.95 bits per heavy atom. The topological polar surface area (TPSA) is 75.6 Å². The average molecular weight is 279 g/mol. The third kappa shape index (κ3) is 3.73. The predicted molar refractivity (Wildman–Crippen MR) is 75.8 cm³/mol. The van der Waals surface area contributed by atoms with E-state index in [9.17, 15) is 14.7 Å². The van der Waals surface area contributed by atoms with Crippen LogP contribution in [0.25, 0.3) is 0 Å². The van der Waals surface area contributed by atoms with Gasteiger partial charge in [0.1, 0.15) is 11.3 Å².